The molecule has 0 aliphatic heterocycles. The van der Waals surface area contributed by atoms with Crippen molar-refractivity contribution in [2.45, 2.75) is 0 Å². The van der Waals surface area contributed by atoms with Gasteiger partial charge in [-0.3, -0.25) is 4.79 Å². The zero-order valence-electron chi connectivity index (χ0n) is 12.6. The number of rotatable bonds is 4. The molecule has 0 atom stereocenters. The molecule has 3 amide bonds. The lowest BCUT2D eigenvalue weighted by Crippen LogP contribution is -2.24. The van der Waals surface area contributed by atoms with Crippen molar-refractivity contribution in [3.05, 3.63) is 52.5 Å². The number of carbonyl (C=O) groups is 2. The van der Waals surface area contributed by atoms with E-state index in [0.717, 1.165) is 0 Å². The fourth-order valence-corrected chi connectivity index (χ4v) is 2.38. The summed E-state index contributed by atoms with van der Waals surface area (Å²) in [4.78, 5) is 23.4. The third-order valence-electron chi connectivity index (χ3n) is 3.04. The summed E-state index contributed by atoms with van der Waals surface area (Å²) in [6.07, 6.45) is 0. The average molecular weight is 378 g/mol. The predicted molar refractivity (Wildman–Crippen MR) is 93.2 cm³/mol. The summed E-state index contributed by atoms with van der Waals surface area (Å²) < 4.78 is 5.84. The Morgan fingerprint density at radius 2 is 1.61 bits per heavy atom. The number of urea groups is 1. The number of nitrogens with one attached hydrogen (secondary N) is 3. The summed E-state index contributed by atoms with van der Waals surface area (Å²) in [5, 5.41) is 7.89. The molecule has 0 heterocycles. The van der Waals surface area contributed by atoms with Gasteiger partial charge in [-0.05, 0) is 58.4 Å². The van der Waals surface area contributed by atoms with E-state index >= 15 is 0 Å². The fraction of sp³-hybridized carbons (Fsp3) is 0.125. The summed E-state index contributed by atoms with van der Waals surface area (Å²) in [5.41, 5.74) is 1.77. The SMILES string of the molecule is CNC(=O)Nc1ccc(NC(=O)c2ccc(OC)c(Br)c2)cc1. The molecule has 3 N–H and O–H groups in total. The monoisotopic (exact) mass is 377 g/mol. The molecule has 0 aliphatic rings. The smallest absolute Gasteiger partial charge is 0.318 e. The van der Waals surface area contributed by atoms with Crippen LogP contribution in [0.25, 0.3) is 0 Å². The summed E-state index contributed by atoms with van der Waals surface area (Å²) in [6.45, 7) is 0. The largest absolute Gasteiger partial charge is 0.496 e. The first-order chi connectivity index (χ1) is 11.0. The number of carbonyl (C=O) groups excluding carboxylic acids is 2. The molecule has 0 aromatic heterocycles. The highest BCUT2D eigenvalue weighted by Gasteiger charge is 2.09. The zero-order chi connectivity index (χ0) is 16.8. The second-order valence-corrected chi connectivity index (χ2v) is 5.44. The van der Waals surface area contributed by atoms with Crippen molar-refractivity contribution in [2.24, 2.45) is 0 Å². The van der Waals surface area contributed by atoms with Gasteiger partial charge >= 0.3 is 6.03 Å². The van der Waals surface area contributed by atoms with E-state index in [2.05, 4.69) is 31.9 Å². The van der Waals surface area contributed by atoms with Crippen LogP contribution in [-0.2, 0) is 0 Å². The van der Waals surface area contributed by atoms with E-state index < -0.39 is 0 Å². The maximum absolute atomic E-state index is 12.2. The molecular weight excluding hydrogens is 362 g/mol. The molecule has 0 saturated carbocycles. The van der Waals surface area contributed by atoms with Crippen LogP contribution in [-0.4, -0.2) is 26.1 Å². The zero-order valence-corrected chi connectivity index (χ0v) is 14.2. The van der Waals surface area contributed by atoms with Gasteiger partial charge in [0.1, 0.15) is 5.75 Å². The highest BCUT2D eigenvalue weighted by molar-refractivity contribution is 9.10. The predicted octanol–water partition coefficient (Wildman–Crippen LogP) is 3.46. The molecule has 0 bridgehead atoms. The van der Waals surface area contributed by atoms with Crippen LogP contribution in [0.5, 0.6) is 5.75 Å². The van der Waals surface area contributed by atoms with E-state index in [1.54, 1.807) is 49.6 Å². The number of amides is 3. The quantitative estimate of drug-likeness (QED) is 0.763. The van der Waals surface area contributed by atoms with Crippen molar-refractivity contribution < 1.29 is 14.3 Å². The Bertz CT molecular complexity index is 717. The van der Waals surface area contributed by atoms with E-state index in [-0.39, 0.29) is 11.9 Å². The summed E-state index contributed by atoms with van der Waals surface area (Å²) >= 11 is 3.35. The van der Waals surface area contributed by atoms with Gasteiger partial charge in [0.2, 0.25) is 0 Å². The van der Waals surface area contributed by atoms with Gasteiger partial charge in [0.25, 0.3) is 5.91 Å². The highest BCUT2D eigenvalue weighted by Crippen LogP contribution is 2.26. The summed E-state index contributed by atoms with van der Waals surface area (Å²) in [7, 11) is 3.10. The number of ether oxygens (including phenoxy) is 1. The minimum Gasteiger partial charge on any atom is -0.496 e. The standard InChI is InChI=1S/C16H16BrN3O3/c1-18-16(22)20-12-6-4-11(5-7-12)19-15(21)10-3-8-14(23-2)13(17)9-10/h3-9H,1-2H3,(H,19,21)(H2,18,20,22). The molecule has 0 saturated heterocycles. The number of hydrogen-bond donors (Lipinski definition) is 3. The fourth-order valence-electron chi connectivity index (χ4n) is 1.84. The van der Waals surface area contributed by atoms with Gasteiger partial charge in [0.05, 0.1) is 11.6 Å². The second-order valence-electron chi connectivity index (χ2n) is 4.58. The Morgan fingerprint density at radius 1 is 1.00 bits per heavy atom. The Labute approximate surface area is 142 Å². The van der Waals surface area contributed by atoms with Crippen LogP contribution in [0, 0.1) is 0 Å². The molecular formula is C16H16BrN3O3. The molecule has 0 fully saturated rings. The molecule has 7 heteroatoms. The molecule has 23 heavy (non-hydrogen) atoms. The third-order valence-corrected chi connectivity index (χ3v) is 3.66. The number of halogens is 1. The molecule has 0 unspecified atom stereocenters. The molecule has 2 aromatic carbocycles. The van der Waals surface area contributed by atoms with Crippen LogP contribution in [0.3, 0.4) is 0 Å². The van der Waals surface area contributed by atoms with Crippen molar-refractivity contribution in [3.63, 3.8) is 0 Å². The van der Waals surface area contributed by atoms with Crippen LogP contribution in [0.2, 0.25) is 0 Å². The maximum Gasteiger partial charge on any atom is 0.318 e. The second kappa shape index (κ2) is 7.64. The Hall–Kier alpha value is -2.54. The van der Waals surface area contributed by atoms with E-state index in [1.165, 1.54) is 7.05 Å². The van der Waals surface area contributed by atoms with Crippen LogP contribution in [0.4, 0.5) is 16.2 Å². The normalized spacial score (nSPS) is 9.87. The van der Waals surface area contributed by atoms with Crippen LogP contribution in [0.1, 0.15) is 10.4 Å². The van der Waals surface area contributed by atoms with Crippen molar-refractivity contribution in [2.75, 3.05) is 24.8 Å². The van der Waals surface area contributed by atoms with Gasteiger partial charge in [-0.2, -0.15) is 0 Å². The topological polar surface area (TPSA) is 79.5 Å². The minimum atomic E-state index is -0.301. The lowest BCUT2D eigenvalue weighted by atomic mass is 10.2. The molecule has 2 rings (SSSR count). The lowest BCUT2D eigenvalue weighted by molar-refractivity contribution is 0.102. The van der Waals surface area contributed by atoms with Gasteiger partial charge < -0.3 is 20.7 Å². The number of anilines is 2. The van der Waals surface area contributed by atoms with E-state index in [4.69, 9.17) is 4.74 Å². The van der Waals surface area contributed by atoms with Crippen molar-refractivity contribution >= 4 is 39.2 Å². The van der Waals surface area contributed by atoms with Crippen LogP contribution >= 0.6 is 15.9 Å². The minimum absolute atomic E-state index is 0.236. The first-order valence-electron chi connectivity index (χ1n) is 6.77. The first-order valence-corrected chi connectivity index (χ1v) is 7.56. The Morgan fingerprint density at radius 3 is 2.13 bits per heavy atom. The number of benzene rings is 2. The van der Waals surface area contributed by atoms with Crippen LogP contribution < -0.4 is 20.7 Å². The lowest BCUT2D eigenvalue weighted by Gasteiger charge is -2.09. The van der Waals surface area contributed by atoms with Crippen LogP contribution in [0.15, 0.2) is 46.9 Å². The van der Waals surface area contributed by atoms with Gasteiger partial charge in [0, 0.05) is 24.0 Å². The molecule has 0 aliphatic carbocycles. The van der Waals surface area contributed by atoms with Gasteiger partial charge in [-0.15, -0.1) is 0 Å². The Balaban J connectivity index is 2.05. The van der Waals surface area contributed by atoms with E-state index in [9.17, 15) is 9.59 Å². The van der Waals surface area contributed by atoms with Gasteiger partial charge in [-0.1, -0.05) is 0 Å². The van der Waals surface area contributed by atoms with Crippen molar-refractivity contribution in [3.8, 4) is 5.75 Å². The third kappa shape index (κ3) is 4.46. The Kier molecular flexibility index (Phi) is 5.59. The molecule has 2 aromatic rings. The molecule has 0 spiro atoms. The summed E-state index contributed by atoms with van der Waals surface area (Å²) in [5.74, 6) is 0.423. The number of hydrogen-bond acceptors (Lipinski definition) is 3. The highest BCUT2D eigenvalue weighted by atomic mass is 79.9. The molecule has 0 radical (unpaired) electrons. The first kappa shape index (κ1) is 16.8. The van der Waals surface area contributed by atoms with E-state index in [0.29, 0.717) is 27.2 Å². The molecule has 120 valence electrons. The van der Waals surface area contributed by atoms with Gasteiger partial charge in [0.15, 0.2) is 0 Å². The van der Waals surface area contributed by atoms with Crippen molar-refractivity contribution in [1.82, 2.24) is 5.32 Å². The van der Waals surface area contributed by atoms with Crippen molar-refractivity contribution in [1.29, 1.82) is 0 Å². The van der Waals surface area contributed by atoms with Gasteiger partial charge in [-0.25, -0.2) is 4.79 Å². The maximum atomic E-state index is 12.2. The molecule has 6 nitrogen and oxygen atoms in total. The average Bonchev–Trinajstić information content (AvgIpc) is 2.56. The summed E-state index contributed by atoms with van der Waals surface area (Å²) in [6, 6.07) is 11.6. The number of methoxy groups -OCH3 is 1. The van der Waals surface area contributed by atoms with E-state index in [1.807, 2.05) is 0 Å².